The molecular weight excluding hydrogens is 332 g/mol. The van der Waals surface area contributed by atoms with Crippen molar-refractivity contribution in [1.82, 2.24) is 15.4 Å². The number of rotatable bonds is 3. The molecule has 0 fully saturated rings. The van der Waals surface area contributed by atoms with Gasteiger partial charge in [0.1, 0.15) is 11.5 Å². The fourth-order valence-corrected chi connectivity index (χ4v) is 3.34. The maximum Gasteiger partial charge on any atom is 0.312 e. The van der Waals surface area contributed by atoms with E-state index >= 15 is 0 Å². The Labute approximate surface area is 149 Å². The van der Waals surface area contributed by atoms with Crippen LogP contribution in [0.4, 0.5) is 4.79 Å². The smallest absolute Gasteiger partial charge is 0.312 e. The summed E-state index contributed by atoms with van der Waals surface area (Å²) in [6.07, 6.45) is 0.593. The summed E-state index contributed by atoms with van der Waals surface area (Å²) in [5, 5.41) is 8.83. The Kier molecular flexibility index (Phi) is 4.04. The van der Waals surface area contributed by atoms with Gasteiger partial charge >= 0.3 is 6.03 Å². The van der Waals surface area contributed by atoms with E-state index in [1.807, 2.05) is 30.3 Å². The molecule has 4 rings (SSSR count). The molecule has 0 radical (unpaired) electrons. The topological polar surface area (TPSA) is 101 Å². The molecule has 0 saturated carbocycles. The highest BCUT2D eigenvalue weighted by atomic mass is 16.5. The highest BCUT2D eigenvalue weighted by Gasteiger charge is 2.28. The van der Waals surface area contributed by atoms with Crippen molar-refractivity contribution in [1.29, 1.82) is 0 Å². The van der Waals surface area contributed by atoms with Crippen molar-refractivity contribution >= 4 is 22.7 Å². The maximum absolute atomic E-state index is 12.3. The predicted octanol–water partition coefficient (Wildman–Crippen LogP) is 2.05. The van der Waals surface area contributed by atoms with Crippen molar-refractivity contribution in [2.75, 3.05) is 13.1 Å². The number of amides is 3. The Morgan fingerprint density at radius 1 is 1.19 bits per heavy atom. The number of nitrogens with two attached hydrogens (primary N) is 1. The second-order valence-corrected chi connectivity index (χ2v) is 6.24. The minimum Gasteiger partial charge on any atom is -0.360 e. The molecule has 1 aliphatic rings. The van der Waals surface area contributed by atoms with Crippen LogP contribution in [0.15, 0.2) is 47.0 Å². The number of aromatic nitrogens is 1. The lowest BCUT2D eigenvalue weighted by atomic mass is 9.97. The summed E-state index contributed by atoms with van der Waals surface area (Å²) in [5.74, 6) is 0.624. The molecule has 7 nitrogen and oxygen atoms in total. The van der Waals surface area contributed by atoms with E-state index in [4.69, 9.17) is 10.3 Å². The van der Waals surface area contributed by atoms with Gasteiger partial charge in [-0.05, 0) is 10.8 Å². The number of hydrogen-bond donors (Lipinski definition) is 2. The van der Waals surface area contributed by atoms with Crippen molar-refractivity contribution in [2.45, 2.75) is 13.0 Å². The Bertz CT molecular complexity index is 990. The van der Waals surface area contributed by atoms with Crippen molar-refractivity contribution in [3.63, 3.8) is 0 Å². The minimum atomic E-state index is -0.711. The van der Waals surface area contributed by atoms with Gasteiger partial charge in [0.05, 0.1) is 13.1 Å². The molecule has 132 valence electrons. The van der Waals surface area contributed by atoms with Gasteiger partial charge < -0.3 is 20.5 Å². The summed E-state index contributed by atoms with van der Waals surface area (Å²) in [7, 11) is 0. The Morgan fingerprint density at radius 3 is 2.85 bits per heavy atom. The second-order valence-electron chi connectivity index (χ2n) is 6.24. The number of nitrogens with zero attached hydrogens (tertiary/aromatic N) is 2. The number of urea groups is 1. The van der Waals surface area contributed by atoms with Crippen LogP contribution >= 0.6 is 0 Å². The van der Waals surface area contributed by atoms with Crippen LogP contribution < -0.4 is 11.1 Å². The van der Waals surface area contributed by atoms with Crippen LogP contribution in [0.1, 0.15) is 11.3 Å². The average Bonchev–Trinajstić information content (AvgIpc) is 3.08. The lowest BCUT2D eigenvalue weighted by Crippen LogP contribution is -2.43. The fraction of sp³-hybridized carbons (Fsp3) is 0.211. The molecule has 2 aromatic carbocycles. The van der Waals surface area contributed by atoms with Crippen LogP contribution in [0, 0.1) is 0 Å². The number of carbonyl (C=O) groups excluding carboxylic acids is 2. The number of primary amides is 1. The van der Waals surface area contributed by atoms with E-state index < -0.39 is 6.03 Å². The van der Waals surface area contributed by atoms with E-state index in [1.165, 1.54) is 0 Å². The van der Waals surface area contributed by atoms with Gasteiger partial charge in [-0.25, -0.2) is 4.79 Å². The van der Waals surface area contributed by atoms with Gasteiger partial charge in [-0.15, -0.1) is 0 Å². The Hall–Kier alpha value is -3.35. The van der Waals surface area contributed by atoms with E-state index in [0.717, 1.165) is 33.4 Å². The molecule has 1 aliphatic heterocycles. The van der Waals surface area contributed by atoms with Gasteiger partial charge in [0.25, 0.3) is 0 Å². The molecular formula is C19H18N4O3. The summed E-state index contributed by atoms with van der Waals surface area (Å²) in [5.41, 5.74) is 7.70. The van der Waals surface area contributed by atoms with Gasteiger partial charge in [0, 0.05) is 24.1 Å². The number of hydrogen-bond acceptors (Lipinski definition) is 4. The molecule has 3 amide bonds. The molecule has 0 spiro atoms. The largest absolute Gasteiger partial charge is 0.360 e. The second kappa shape index (κ2) is 6.51. The summed E-state index contributed by atoms with van der Waals surface area (Å²) in [4.78, 5) is 24.8. The monoisotopic (exact) mass is 350 g/mol. The van der Waals surface area contributed by atoms with E-state index in [0.29, 0.717) is 19.5 Å². The zero-order chi connectivity index (χ0) is 18.1. The Morgan fingerprint density at radius 2 is 2.00 bits per heavy atom. The third-order valence-electron chi connectivity index (χ3n) is 4.64. The van der Waals surface area contributed by atoms with E-state index in [2.05, 4.69) is 22.6 Å². The zero-order valence-corrected chi connectivity index (χ0v) is 14.1. The van der Waals surface area contributed by atoms with Crippen LogP contribution in [0.3, 0.4) is 0 Å². The molecule has 0 aliphatic carbocycles. The van der Waals surface area contributed by atoms with Crippen LogP contribution in [0.25, 0.3) is 22.0 Å². The molecule has 0 unspecified atom stereocenters. The lowest BCUT2D eigenvalue weighted by molar-refractivity contribution is -0.131. The molecule has 2 heterocycles. The van der Waals surface area contributed by atoms with Gasteiger partial charge in [-0.1, -0.05) is 47.6 Å². The molecule has 1 aromatic heterocycles. The molecule has 26 heavy (non-hydrogen) atoms. The predicted molar refractivity (Wildman–Crippen MR) is 96.2 cm³/mol. The first-order valence-electron chi connectivity index (χ1n) is 8.40. The van der Waals surface area contributed by atoms with Crippen molar-refractivity contribution < 1.29 is 14.1 Å². The van der Waals surface area contributed by atoms with E-state index in [9.17, 15) is 9.59 Å². The van der Waals surface area contributed by atoms with Crippen molar-refractivity contribution in [3.05, 3.63) is 53.8 Å². The highest BCUT2D eigenvalue weighted by Crippen LogP contribution is 2.34. The first-order chi connectivity index (χ1) is 12.6. The summed E-state index contributed by atoms with van der Waals surface area (Å²) in [6.45, 7) is 0.812. The fourth-order valence-electron chi connectivity index (χ4n) is 3.34. The summed E-state index contributed by atoms with van der Waals surface area (Å²) in [6, 6.07) is 13.4. The number of carbonyl (C=O) groups is 2. The van der Waals surface area contributed by atoms with Gasteiger partial charge in [0.2, 0.25) is 5.91 Å². The van der Waals surface area contributed by atoms with Crippen LogP contribution in [-0.4, -0.2) is 35.1 Å². The van der Waals surface area contributed by atoms with E-state index in [1.54, 1.807) is 4.90 Å². The first kappa shape index (κ1) is 16.1. The standard InChI is InChI=1S/C19H18N4O3/c20-19(25)21-10-17(24)23-9-8-16-15(11-23)18(22-26-16)14-7-3-5-12-4-1-2-6-13(12)14/h1-7H,8-11H2,(H3,20,21,25). The number of benzene rings is 2. The molecule has 0 saturated heterocycles. The van der Waals surface area contributed by atoms with Crippen LogP contribution in [-0.2, 0) is 17.8 Å². The number of fused-ring (bicyclic) bond motifs is 2. The number of nitrogens with one attached hydrogen (secondary N) is 1. The highest BCUT2D eigenvalue weighted by molar-refractivity contribution is 5.96. The van der Waals surface area contributed by atoms with E-state index in [-0.39, 0.29) is 12.5 Å². The maximum atomic E-state index is 12.3. The molecule has 0 bridgehead atoms. The van der Waals surface area contributed by atoms with Crippen LogP contribution in [0.2, 0.25) is 0 Å². The molecule has 3 N–H and O–H groups in total. The van der Waals surface area contributed by atoms with Gasteiger partial charge in [-0.3, -0.25) is 4.79 Å². The first-order valence-corrected chi connectivity index (χ1v) is 8.40. The third-order valence-corrected chi connectivity index (χ3v) is 4.64. The Balaban J connectivity index is 1.67. The van der Waals surface area contributed by atoms with Crippen LogP contribution in [0.5, 0.6) is 0 Å². The van der Waals surface area contributed by atoms with Gasteiger partial charge in [-0.2, -0.15) is 0 Å². The quantitative estimate of drug-likeness (QED) is 0.755. The third kappa shape index (κ3) is 2.88. The molecule has 3 aromatic rings. The van der Waals surface area contributed by atoms with Crippen molar-refractivity contribution in [3.8, 4) is 11.3 Å². The lowest BCUT2D eigenvalue weighted by Gasteiger charge is -2.26. The zero-order valence-electron chi connectivity index (χ0n) is 14.1. The summed E-state index contributed by atoms with van der Waals surface area (Å²) < 4.78 is 5.54. The normalized spacial score (nSPS) is 13.5. The summed E-state index contributed by atoms with van der Waals surface area (Å²) >= 11 is 0. The molecule has 0 atom stereocenters. The average molecular weight is 350 g/mol. The SMILES string of the molecule is NC(=O)NCC(=O)N1CCc2onc(-c3cccc4ccccc34)c2C1. The molecule has 7 heteroatoms. The van der Waals surface area contributed by atoms with Gasteiger partial charge in [0.15, 0.2) is 0 Å². The minimum absolute atomic E-state index is 0.112. The van der Waals surface area contributed by atoms with Crippen molar-refractivity contribution in [2.24, 2.45) is 5.73 Å².